The molecule has 17 heavy (non-hydrogen) atoms. The lowest BCUT2D eigenvalue weighted by Gasteiger charge is -2.21. The van der Waals surface area contributed by atoms with Crippen molar-refractivity contribution in [2.45, 2.75) is 32.2 Å². The number of aromatic nitrogens is 1. The third-order valence-electron chi connectivity index (χ3n) is 2.48. The number of rotatable bonds is 6. The summed E-state index contributed by atoms with van der Waals surface area (Å²) in [7, 11) is 1.89. The molecule has 6 heteroatoms. The zero-order valence-corrected chi connectivity index (χ0v) is 10.7. The van der Waals surface area contributed by atoms with E-state index in [1.54, 1.807) is 0 Å². The first-order chi connectivity index (χ1) is 8.04. The molecule has 1 heterocycles. The maximum Gasteiger partial charge on any atom is 0.303 e. The molecular weight excluding hydrogens is 238 g/mol. The maximum atomic E-state index is 10.4. The zero-order valence-electron chi connectivity index (χ0n) is 9.88. The monoisotopic (exact) mass is 253 g/mol. The second-order valence-electron chi connectivity index (χ2n) is 3.84. The third-order valence-corrected chi connectivity index (χ3v) is 3.46. The predicted molar refractivity (Wildman–Crippen MR) is 66.2 cm³/mol. The summed E-state index contributed by atoms with van der Waals surface area (Å²) in [4.78, 5) is 16.7. The van der Waals surface area contributed by atoms with Gasteiger partial charge in [-0.05, 0) is 6.92 Å². The third kappa shape index (κ3) is 4.04. The summed E-state index contributed by atoms with van der Waals surface area (Å²) in [5, 5.41) is 19.9. The minimum Gasteiger partial charge on any atom is -0.481 e. The molecule has 1 aromatic heterocycles. The number of carbonyl (C=O) groups is 1. The molecule has 1 rings (SSSR count). The van der Waals surface area contributed by atoms with Crippen molar-refractivity contribution in [3.63, 3.8) is 0 Å². The lowest BCUT2D eigenvalue weighted by molar-refractivity contribution is -0.136. The zero-order chi connectivity index (χ0) is 12.8. The molecule has 0 aromatic carbocycles. The molecule has 0 aliphatic heterocycles. The smallest absolute Gasteiger partial charge is 0.303 e. The van der Waals surface area contributed by atoms with Gasteiger partial charge in [-0.25, -0.2) is 4.98 Å². The van der Waals surface area contributed by atoms with Gasteiger partial charge in [0.1, 0.15) is 0 Å². The predicted octanol–water partition coefficient (Wildman–Crippen LogP) is 1.90. The first-order valence-electron chi connectivity index (χ1n) is 5.30. The van der Waals surface area contributed by atoms with Crippen LogP contribution in [0.25, 0.3) is 0 Å². The molecular formula is C11H15N3O2S. The Morgan fingerprint density at radius 2 is 2.47 bits per heavy atom. The number of anilines is 1. The fourth-order valence-corrected chi connectivity index (χ4v) is 2.19. The highest BCUT2D eigenvalue weighted by molar-refractivity contribution is 7.13. The van der Waals surface area contributed by atoms with Gasteiger partial charge in [-0.2, -0.15) is 5.26 Å². The van der Waals surface area contributed by atoms with Gasteiger partial charge in [-0.1, -0.05) is 0 Å². The van der Waals surface area contributed by atoms with E-state index in [2.05, 4.69) is 11.1 Å². The van der Waals surface area contributed by atoms with E-state index in [0.29, 0.717) is 12.8 Å². The molecule has 0 radical (unpaired) electrons. The van der Waals surface area contributed by atoms with Crippen LogP contribution in [0.1, 0.15) is 25.5 Å². The van der Waals surface area contributed by atoms with Gasteiger partial charge < -0.3 is 10.0 Å². The Morgan fingerprint density at radius 1 is 1.76 bits per heavy atom. The van der Waals surface area contributed by atoms with Crippen molar-refractivity contribution in [3.8, 4) is 6.07 Å². The first kappa shape index (κ1) is 13.5. The molecule has 0 aliphatic carbocycles. The first-order valence-corrected chi connectivity index (χ1v) is 6.18. The fourth-order valence-electron chi connectivity index (χ4n) is 1.27. The van der Waals surface area contributed by atoms with E-state index in [-0.39, 0.29) is 12.5 Å². The molecule has 0 saturated carbocycles. The highest BCUT2D eigenvalue weighted by Crippen LogP contribution is 2.22. The van der Waals surface area contributed by atoms with E-state index < -0.39 is 5.97 Å². The Labute approximate surface area is 104 Å². The van der Waals surface area contributed by atoms with Crippen LogP contribution in [0.2, 0.25) is 0 Å². The van der Waals surface area contributed by atoms with Crippen LogP contribution in [0.15, 0.2) is 5.38 Å². The number of hydrogen-bond acceptors (Lipinski definition) is 5. The molecule has 1 N–H and O–H groups in total. The van der Waals surface area contributed by atoms with Gasteiger partial charge in [-0.15, -0.1) is 11.3 Å². The van der Waals surface area contributed by atoms with Crippen LogP contribution in [0, 0.1) is 11.3 Å². The van der Waals surface area contributed by atoms with Crippen molar-refractivity contribution < 1.29 is 9.90 Å². The summed E-state index contributed by atoms with van der Waals surface area (Å²) in [6.45, 7) is 1.96. The van der Waals surface area contributed by atoms with E-state index in [0.717, 1.165) is 10.8 Å². The van der Waals surface area contributed by atoms with Crippen LogP contribution in [0.5, 0.6) is 0 Å². The summed E-state index contributed by atoms with van der Waals surface area (Å²) in [6.07, 6.45) is 0.994. The van der Waals surface area contributed by atoms with E-state index >= 15 is 0 Å². The largest absolute Gasteiger partial charge is 0.481 e. The SMILES string of the molecule is CC(CC#N)N(C)c1nc(CCC(=O)O)cs1. The standard InChI is InChI=1S/C11H15N3O2S/c1-8(5-6-12)14(2)11-13-9(7-17-11)3-4-10(15)16/h7-8H,3-5H2,1-2H3,(H,15,16). The van der Waals surface area contributed by atoms with Crippen LogP contribution >= 0.6 is 11.3 Å². The van der Waals surface area contributed by atoms with Crippen LogP contribution in [0.3, 0.4) is 0 Å². The van der Waals surface area contributed by atoms with Crippen molar-refractivity contribution in [1.29, 1.82) is 5.26 Å². The fraction of sp³-hybridized carbons (Fsp3) is 0.545. The number of thiazole rings is 1. The second-order valence-corrected chi connectivity index (χ2v) is 4.67. The summed E-state index contributed by atoms with van der Waals surface area (Å²) < 4.78 is 0. The highest BCUT2D eigenvalue weighted by atomic mass is 32.1. The van der Waals surface area contributed by atoms with Crippen LogP contribution in [0.4, 0.5) is 5.13 Å². The molecule has 1 atom stereocenters. The lowest BCUT2D eigenvalue weighted by atomic mass is 10.2. The maximum absolute atomic E-state index is 10.4. The number of aliphatic carboxylic acids is 1. The molecule has 5 nitrogen and oxygen atoms in total. The molecule has 1 aromatic rings. The lowest BCUT2D eigenvalue weighted by Crippen LogP contribution is -2.28. The van der Waals surface area contributed by atoms with Crippen molar-refractivity contribution in [3.05, 3.63) is 11.1 Å². The number of nitrogens with zero attached hydrogens (tertiary/aromatic N) is 3. The van der Waals surface area contributed by atoms with Crippen molar-refractivity contribution >= 4 is 22.4 Å². The minimum absolute atomic E-state index is 0.0979. The second kappa shape index (κ2) is 6.21. The molecule has 0 saturated heterocycles. The topological polar surface area (TPSA) is 77.2 Å². The van der Waals surface area contributed by atoms with Gasteiger partial charge in [0.25, 0.3) is 0 Å². The quantitative estimate of drug-likeness (QED) is 0.837. The summed E-state index contributed by atoms with van der Waals surface area (Å²) in [6, 6.07) is 2.23. The molecule has 1 unspecified atom stereocenters. The highest BCUT2D eigenvalue weighted by Gasteiger charge is 2.13. The van der Waals surface area contributed by atoms with Crippen molar-refractivity contribution in [2.75, 3.05) is 11.9 Å². The van der Waals surface area contributed by atoms with Crippen molar-refractivity contribution in [2.24, 2.45) is 0 Å². The molecule has 0 bridgehead atoms. The average Bonchev–Trinajstić information content (AvgIpc) is 2.74. The Kier molecular flexibility index (Phi) is 4.91. The van der Waals surface area contributed by atoms with Crippen LogP contribution in [-0.2, 0) is 11.2 Å². The Balaban J connectivity index is 2.61. The van der Waals surface area contributed by atoms with E-state index in [4.69, 9.17) is 10.4 Å². The minimum atomic E-state index is -0.814. The van der Waals surface area contributed by atoms with Gasteiger partial charge in [0.2, 0.25) is 0 Å². The number of carboxylic acid groups (broad SMARTS) is 1. The normalized spacial score (nSPS) is 11.8. The van der Waals surface area contributed by atoms with Gasteiger partial charge in [0, 0.05) is 24.9 Å². The van der Waals surface area contributed by atoms with E-state index in [9.17, 15) is 4.79 Å². The van der Waals surface area contributed by atoms with Crippen molar-refractivity contribution in [1.82, 2.24) is 4.98 Å². The Hall–Kier alpha value is -1.61. The summed E-state index contributed by atoms with van der Waals surface area (Å²) in [5.74, 6) is -0.814. The van der Waals surface area contributed by atoms with Crippen LogP contribution in [-0.4, -0.2) is 29.1 Å². The number of nitriles is 1. The van der Waals surface area contributed by atoms with Gasteiger partial charge >= 0.3 is 5.97 Å². The summed E-state index contributed by atoms with van der Waals surface area (Å²) in [5.41, 5.74) is 0.795. The molecule has 0 fully saturated rings. The number of hydrogen-bond donors (Lipinski definition) is 1. The number of aryl methyl sites for hydroxylation is 1. The van der Waals surface area contributed by atoms with Gasteiger partial charge in [0.05, 0.1) is 24.6 Å². The Bertz CT molecular complexity index is 425. The molecule has 92 valence electrons. The molecule has 0 aliphatic rings. The number of carboxylic acids is 1. The van der Waals surface area contributed by atoms with Gasteiger partial charge in [0.15, 0.2) is 5.13 Å². The van der Waals surface area contributed by atoms with Crippen LogP contribution < -0.4 is 4.90 Å². The molecule has 0 spiro atoms. The van der Waals surface area contributed by atoms with Gasteiger partial charge in [-0.3, -0.25) is 4.79 Å². The average molecular weight is 253 g/mol. The molecule has 0 amide bonds. The Morgan fingerprint density at radius 3 is 3.06 bits per heavy atom. The van der Waals surface area contributed by atoms with E-state index in [1.807, 2.05) is 24.3 Å². The summed E-state index contributed by atoms with van der Waals surface area (Å²) >= 11 is 1.48. The van der Waals surface area contributed by atoms with E-state index in [1.165, 1.54) is 11.3 Å².